The van der Waals surface area contributed by atoms with Crippen LogP contribution in [0.5, 0.6) is 5.75 Å². The van der Waals surface area contributed by atoms with Gasteiger partial charge >= 0.3 is 0 Å². The van der Waals surface area contributed by atoms with Crippen LogP contribution in [0.1, 0.15) is 15.9 Å². The van der Waals surface area contributed by atoms with E-state index in [1.807, 2.05) is 36.4 Å². The zero-order chi connectivity index (χ0) is 17.1. The summed E-state index contributed by atoms with van der Waals surface area (Å²) in [7, 11) is 1.64. The van der Waals surface area contributed by atoms with Crippen molar-refractivity contribution in [2.75, 3.05) is 7.11 Å². The Morgan fingerprint density at radius 2 is 1.83 bits per heavy atom. The lowest BCUT2D eigenvalue weighted by atomic mass is 10.1. The summed E-state index contributed by atoms with van der Waals surface area (Å²) in [6, 6.07) is 15.8. The van der Waals surface area contributed by atoms with E-state index in [4.69, 9.17) is 4.74 Å². The first kappa shape index (κ1) is 16.5. The van der Waals surface area contributed by atoms with Crippen molar-refractivity contribution >= 4 is 32.6 Å². The van der Waals surface area contributed by atoms with Crippen molar-refractivity contribution in [2.45, 2.75) is 6.54 Å². The number of halogens is 2. The molecule has 1 N–H and O–H groups in total. The number of hydrogen-bond donors (Lipinski definition) is 1. The molecule has 0 fully saturated rings. The fourth-order valence-corrected chi connectivity index (χ4v) is 2.99. The third kappa shape index (κ3) is 3.57. The normalized spacial score (nSPS) is 10.6. The molecule has 0 bridgehead atoms. The van der Waals surface area contributed by atoms with Gasteiger partial charge in [-0.05, 0) is 68.7 Å². The summed E-state index contributed by atoms with van der Waals surface area (Å²) in [5.41, 5.74) is 1.39. The first-order valence-electron chi connectivity index (χ1n) is 7.37. The second kappa shape index (κ2) is 7.01. The van der Waals surface area contributed by atoms with E-state index in [9.17, 15) is 9.18 Å². The molecule has 0 aromatic heterocycles. The standard InChI is InChI=1S/C19H15BrFNO2/c1-24-16-6-4-13-8-12(2-3-14(13)9-16)11-22-19(23)17-7-5-15(21)10-18(17)20/h2-10H,11H2,1H3,(H,22,23). The summed E-state index contributed by atoms with van der Waals surface area (Å²) in [6.45, 7) is 0.393. The molecule has 24 heavy (non-hydrogen) atoms. The Labute approximate surface area is 147 Å². The molecule has 0 saturated carbocycles. The second-order valence-corrected chi connectivity index (χ2v) is 6.21. The van der Waals surface area contributed by atoms with E-state index in [0.29, 0.717) is 16.6 Å². The van der Waals surface area contributed by atoms with Gasteiger partial charge < -0.3 is 10.1 Å². The fourth-order valence-electron chi connectivity index (χ4n) is 2.46. The molecule has 3 aromatic rings. The number of amides is 1. The average molecular weight is 388 g/mol. The van der Waals surface area contributed by atoms with Crippen molar-refractivity contribution < 1.29 is 13.9 Å². The minimum atomic E-state index is -0.386. The summed E-state index contributed by atoms with van der Waals surface area (Å²) in [6.07, 6.45) is 0. The third-order valence-electron chi connectivity index (χ3n) is 3.74. The molecule has 0 unspecified atom stereocenters. The lowest BCUT2D eigenvalue weighted by molar-refractivity contribution is 0.0950. The molecule has 3 rings (SSSR count). The van der Waals surface area contributed by atoms with Crippen LogP contribution in [0.25, 0.3) is 10.8 Å². The largest absolute Gasteiger partial charge is 0.497 e. The molecule has 0 radical (unpaired) electrons. The van der Waals surface area contributed by atoms with Crippen LogP contribution < -0.4 is 10.1 Å². The predicted molar refractivity (Wildman–Crippen MR) is 95.8 cm³/mol. The number of benzene rings is 3. The Hall–Kier alpha value is -2.40. The SMILES string of the molecule is COc1ccc2cc(CNC(=O)c3ccc(F)cc3Br)ccc2c1. The lowest BCUT2D eigenvalue weighted by Gasteiger charge is -2.09. The second-order valence-electron chi connectivity index (χ2n) is 5.35. The number of nitrogens with one attached hydrogen (secondary N) is 1. The zero-order valence-electron chi connectivity index (χ0n) is 13.0. The van der Waals surface area contributed by atoms with Gasteiger partial charge in [0.1, 0.15) is 11.6 Å². The summed E-state index contributed by atoms with van der Waals surface area (Å²) >= 11 is 3.21. The Morgan fingerprint density at radius 3 is 2.58 bits per heavy atom. The number of hydrogen-bond acceptors (Lipinski definition) is 2. The smallest absolute Gasteiger partial charge is 0.252 e. The molecule has 122 valence electrons. The van der Waals surface area contributed by atoms with Gasteiger partial charge in [-0.1, -0.05) is 18.2 Å². The number of fused-ring (bicyclic) bond motifs is 1. The molecular formula is C19H15BrFNO2. The van der Waals surface area contributed by atoms with Crippen LogP contribution in [-0.2, 0) is 6.54 Å². The highest BCUT2D eigenvalue weighted by atomic mass is 79.9. The van der Waals surface area contributed by atoms with E-state index < -0.39 is 0 Å². The van der Waals surface area contributed by atoms with Gasteiger partial charge in [0, 0.05) is 11.0 Å². The Bertz CT molecular complexity index is 911. The minimum Gasteiger partial charge on any atom is -0.497 e. The van der Waals surface area contributed by atoms with Gasteiger partial charge in [0.2, 0.25) is 0 Å². The van der Waals surface area contributed by atoms with Crippen molar-refractivity contribution in [3.63, 3.8) is 0 Å². The van der Waals surface area contributed by atoms with Gasteiger partial charge in [-0.15, -0.1) is 0 Å². The molecule has 0 atom stereocenters. The maximum absolute atomic E-state index is 13.1. The van der Waals surface area contributed by atoms with Crippen LogP contribution in [-0.4, -0.2) is 13.0 Å². The van der Waals surface area contributed by atoms with E-state index in [1.165, 1.54) is 18.2 Å². The van der Waals surface area contributed by atoms with Crippen molar-refractivity contribution in [2.24, 2.45) is 0 Å². The highest BCUT2D eigenvalue weighted by Crippen LogP contribution is 2.22. The summed E-state index contributed by atoms with van der Waals surface area (Å²) in [5.74, 6) is 0.171. The summed E-state index contributed by atoms with van der Waals surface area (Å²) in [5, 5.41) is 5.00. The van der Waals surface area contributed by atoms with Crippen LogP contribution in [0.4, 0.5) is 4.39 Å². The molecule has 0 heterocycles. The molecule has 0 saturated heterocycles. The third-order valence-corrected chi connectivity index (χ3v) is 4.40. The van der Waals surface area contributed by atoms with E-state index in [2.05, 4.69) is 21.2 Å². The Kier molecular flexibility index (Phi) is 4.81. The van der Waals surface area contributed by atoms with E-state index in [1.54, 1.807) is 7.11 Å². The van der Waals surface area contributed by atoms with E-state index in [-0.39, 0.29) is 11.7 Å². The summed E-state index contributed by atoms with van der Waals surface area (Å²) < 4.78 is 18.7. The molecule has 0 aliphatic rings. The molecular weight excluding hydrogens is 373 g/mol. The van der Waals surface area contributed by atoms with Crippen LogP contribution in [0, 0.1) is 5.82 Å². The molecule has 0 spiro atoms. The van der Waals surface area contributed by atoms with Gasteiger partial charge in [0.05, 0.1) is 12.7 Å². The number of carbonyl (C=O) groups is 1. The Morgan fingerprint density at radius 1 is 1.08 bits per heavy atom. The molecule has 1 amide bonds. The number of rotatable bonds is 4. The van der Waals surface area contributed by atoms with Gasteiger partial charge in [-0.3, -0.25) is 4.79 Å². The molecule has 0 aliphatic heterocycles. The molecule has 3 aromatic carbocycles. The van der Waals surface area contributed by atoms with Gasteiger partial charge in [-0.25, -0.2) is 4.39 Å². The molecule has 5 heteroatoms. The predicted octanol–water partition coefficient (Wildman–Crippen LogP) is 4.68. The van der Waals surface area contributed by atoms with Crippen LogP contribution in [0.3, 0.4) is 0 Å². The first-order valence-corrected chi connectivity index (χ1v) is 8.16. The van der Waals surface area contributed by atoms with E-state index in [0.717, 1.165) is 22.1 Å². The first-order chi connectivity index (χ1) is 11.6. The van der Waals surface area contributed by atoms with Crippen LogP contribution in [0.15, 0.2) is 59.1 Å². The average Bonchev–Trinajstić information content (AvgIpc) is 2.59. The van der Waals surface area contributed by atoms with E-state index >= 15 is 0 Å². The highest BCUT2D eigenvalue weighted by Gasteiger charge is 2.10. The van der Waals surface area contributed by atoms with Crippen molar-refractivity contribution in [1.29, 1.82) is 0 Å². The topological polar surface area (TPSA) is 38.3 Å². The fraction of sp³-hybridized carbons (Fsp3) is 0.105. The molecule has 0 aliphatic carbocycles. The maximum atomic E-state index is 13.1. The van der Waals surface area contributed by atoms with Gasteiger partial charge in [0.15, 0.2) is 0 Å². The lowest BCUT2D eigenvalue weighted by Crippen LogP contribution is -2.23. The number of methoxy groups -OCH3 is 1. The zero-order valence-corrected chi connectivity index (χ0v) is 14.6. The number of carbonyl (C=O) groups excluding carboxylic acids is 1. The molecule has 3 nitrogen and oxygen atoms in total. The number of ether oxygens (including phenoxy) is 1. The van der Waals surface area contributed by atoms with Crippen LogP contribution in [0.2, 0.25) is 0 Å². The van der Waals surface area contributed by atoms with Crippen molar-refractivity contribution in [3.05, 3.63) is 76.0 Å². The maximum Gasteiger partial charge on any atom is 0.252 e. The van der Waals surface area contributed by atoms with Crippen molar-refractivity contribution in [1.82, 2.24) is 5.32 Å². The van der Waals surface area contributed by atoms with Crippen LogP contribution >= 0.6 is 15.9 Å². The Balaban J connectivity index is 1.74. The van der Waals surface area contributed by atoms with Gasteiger partial charge in [-0.2, -0.15) is 0 Å². The summed E-state index contributed by atoms with van der Waals surface area (Å²) in [4.78, 5) is 12.2. The van der Waals surface area contributed by atoms with Gasteiger partial charge in [0.25, 0.3) is 5.91 Å². The highest BCUT2D eigenvalue weighted by molar-refractivity contribution is 9.10. The minimum absolute atomic E-state index is 0.253. The monoisotopic (exact) mass is 387 g/mol. The quantitative estimate of drug-likeness (QED) is 0.705. The van der Waals surface area contributed by atoms with Crippen molar-refractivity contribution in [3.8, 4) is 5.75 Å².